The van der Waals surface area contributed by atoms with Gasteiger partial charge in [-0.2, -0.15) is 5.10 Å². The molecule has 0 N–H and O–H groups in total. The van der Waals surface area contributed by atoms with E-state index in [1.807, 2.05) is 17.0 Å². The molecule has 0 radical (unpaired) electrons. The second-order valence-corrected chi connectivity index (χ2v) is 9.53. The number of hydrogen-bond acceptors (Lipinski definition) is 6. The summed E-state index contributed by atoms with van der Waals surface area (Å²) >= 11 is 0. The van der Waals surface area contributed by atoms with Gasteiger partial charge in [0.15, 0.2) is 0 Å². The Labute approximate surface area is 200 Å². The van der Waals surface area contributed by atoms with Crippen LogP contribution in [0.1, 0.15) is 42.2 Å². The Morgan fingerprint density at radius 3 is 2.18 bits per heavy atom. The number of carbonyl (C=O) groups is 2. The number of aryl methyl sites for hydroxylation is 1. The molecule has 4 heterocycles. The van der Waals surface area contributed by atoms with Gasteiger partial charge in [0, 0.05) is 45.7 Å². The van der Waals surface area contributed by atoms with E-state index in [0.29, 0.717) is 19.5 Å². The van der Waals surface area contributed by atoms with E-state index in [-0.39, 0.29) is 17.9 Å². The van der Waals surface area contributed by atoms with Gasteiger partial charge in [-0.25, -0.2) is 5.01 Å². The summed E-state index contributed by atoms with van der Waals surface area (Å²) in [6, 6.07) is 11.8. The molecule has 8 nitrogen and oxygen atoms in total. The lowest BCUT2D eigenvalue weighted by Crippen LogP contribution is -2.51. The minimum atomic E-state index is -0.224. The molecular weight excluding hydrogens is 430 g/mol. The molecule has 0 spiro atoms. The second kappa shape index (κ2) is 10.1. The lowest BCUT2D eigenvalue weighted by atomic mass is 10.0. The van der Waals surface area contributed by atoms with E-state index in [1.165, 1.54) is 5.56 Å². The van der Waals surface area contributed by atoms with Crippen LogP contribution in [-0.4, -0.2) is 89.6 Å². The molecule has 0 aliphatic carbocycles. The van der Waals surface area contributed by atoms with Gasteiger partial charge >= 0.3 is 0 Å². The van der Waals surface area contributed by atoms with Crippen LogP contribution in [0.3, 0.4) is 0 Å². The van der Waals surface area contributed by atoms with Crippen LogP contribution < -0.4 is 0 Å². The van der Waals surface area contributed by atoms with Crippen molar-refractivity contribution in [1.82, 2.24) is 19.7 Å². The van der Waals surface area contributed by atoms with E-state index in [0.717, 1.165) is 69.1 Å². The molecule has 0 unspecified atom stereocenters. The lowest BCUT2D eigenvalue weighted by Gasteiger charge is -2.35. The van der Waals surface area contributed by atoms with Gasteiger partial charge in [0.05, 0.1) is 25.1 Å². The van der Waals surface area contributed by atoms with Gasteiger partial charge in [0.1, 0.15) is 11.8 Å². The minimum absolute atomic E-state index is 0.0231. The Hall–Kier alpha value is -2.97. The molecule has 1 aromatic heterocycles. The number of hydrazone groups is 1. The highest BCUT2D eigenvalue weighted by Crippen LogP contribution is 2.33. The Morgan fingerprint density at radius 1 is 0.912 bits per heavy atom. The van der Waals surface area contributed by atoms with E-state index >= 15 is 0 Å². The molecule has 8 heteroatoms. The Kier molecular flexibility index (Phi) is 6.78. The molecule has 5 rings (SSSR count). The highest BCUT2D eigenvalue weighted by atomic mass is 16.3. The normalized spacial score (nSPS) is 21.8. The monoisotopic (exact) mass is 463 g/mol. The Balaban J connectivity index is 1.20. The molecule has 2 aromatic rings. The number of likely N-dealkylation sites (tertiary alicyclic amines) is 1. The van der Waals surface area contributed by atoms with Crippen molar-refractivity contribution >= 4 is 17.5 Å². The van der Waals surface area contributed by atoms with Crippen LogP contribution in [0, 0.1) is 6.92 Å². The molecule has 2 fully saturated rings. The number of furan rings is 1. The maximum atomic E-state index is 13.3. The molecule has 34 heavy (non-hydrogen) atoms. The van der Waals surface area contributed by atoms with Crippen LogP contribution >= 0.6 is 0 Å². The number of rotatable bonds is 6. The molecule has 1 aromatic carbocycles. The second-order valence-electron chi connectivity index (χ2n) is 9.53. The lowest BCUT2D eigenvalue weighted by molar-refractivity contribution is -0.136. The number of nitrogens with zero attached hydrogens (tertiary/aromatic N) is 5. The van der Waals surface area contributed by atoms with E-state index < -0.39 is 0 Å². The van der Waals surface area contributed by atoms with Crippen molar-refractivity contribution in [2.75, 3.05) is 52.4 Å². The number of hydrogen-bond donors (Lipinski definition) is 0. The first-order valence-corrected chi connectivity index (χ1v) is 12.3. The number of piperazine rings is 1. The Bertz CT molecular complexity index is 1020. The first-order valence-electron chi connectivity index (χ1n) is 12.3. The fraction of sp³-hybridized carbons (Fsp3) is 0.500. The van der Waals surface area contributed by atoms with Crippen molar-refractivity contribution in [1.29, 1.82) is 0 Å². The quantitative estimate of drug-likeness (QED) is 0.658. The number of benzene rings is 1. The molecule has 180 valence electrons. The third-order valence-electron chi connectivity index (χ3n) is 7.06. The molecule has 2 saturated heterocycles. The maximum absolute atomic E-state index is 13.3. The summed E-state index contributed by atoms with van der Waals surface area (Å²) < 4.78 is 5.66. The van der Waals surface area contributed by atoms with Gasteiger partial charge in [-0.3, -0.25) is 19.4 Å². The molecule has 3 aliphatic heterocycles. The third-order valence-corrected chi connectivity index (χ3v) is 7.06. The zero-order valence-electron chi connectivity index (χ0n) is 19.9. The molecule has 2 amide bonds. The zero-order valence-corrected chi connectivity index (χ0v) is 19.9. The highest BCUT2D eigenvalue weighted by molar-refractivity contribution is 6.03. The van der Waals surface area contributed by atoms with Gasteiger partial charge in [0.25, 0.3) is 5.91 Å². The summed E-state index contributed by atoms with van der Waals surface area (Å²) in [4.78, 5) is 32.1. The minimum Gasteiger partial charge on any atom is -0.467 e. The van der Waals surface area contributed by atoms with E-state index in [2.05, 4.69) is 41.0 Å². The van der Waals surface area contributed by atoms with Crippen LogP contribution in [-0.2, 0) is 9.59 Å². The standard InChI is InChI=1S/C26H33N5O3/c1-20-6-8-21(9-7-20)22-17-23(24-5-4-16-34-24)31(27-22)26(33)19-29-14-12-28(13-15-29)18-25(32)30-10-2-3-11-30/h4-9,16,23H,2-3,10-15,17-19H2,1H3/t23-/m0/s1. The highest BCUT2D eigenvalue weighted by Gasteiger charge is 2.35. The summed E-state index contributed by atoms with van der Waals surface area (Å²) in [7, 11) is 0. The fourth-order valence-electron chi connectivity index (χ4n) is 4.99. The first kappa shape index (κ1) is 22.8. The first-order chi connectivity index (χ1) is 16.6. The fourth-order valence-corrected chi connectivity index (χ4v) is 4.99. The number of amides is 2. The third kappa shape index (κ3) is 5.08. The van der Waals surface area contributed by atoms with Crippen molar-refractivity contribution in [3.63, 3.8) is 0 Å². The van der Waals surface area contributed by atoms with Crippen LogP contribution in [0.2, 0.25) is 0 Å². The molecule has 1 atom stereocenters. The van der Waals surface area contributed by atoms with Gasteiger partial charge < -0.3 is 9.32 Å². The average Bonchev–Trinajstić information content (AvgIpc) is 3.62. The smallest absolute Gasteiger partial charge is 0.257 e. The summed E-state index contributed by atoms with van der Waals surface area (Å²) in [5.41, 5.74) is 3.13. The van der Waals surface area contributed by atoms with E-state index in [1.54, 1.807) is 11.3 Å². The zero-order chi connectivity index (χ0) is 23.5. The van der Waals surface area contributed by atoms with E-state index in [9.17, 15) is 9.59 Å². The van der Waals surface area contributed by atoms with Crippen molar-refractivity contribution < 1.29 is 14.0 Å². The van der Waals surface area contributed by atoms with Crippen LogP contribution in [0.5, 0.6) is 0 Å². The molecule has 0 saturated carbocycles. The van der Waals surface area contributed by atoms with Crippen LogP contribution in [0.25, 0.3) is 0 Å². The molecule has 0 bridgehead atoms. The predicted molar refractivity (Wildman–Crippen MR) is 129 cm³/mol. The van der Waals surface area contributed by atoms with Crippen molar-refractivity contribution in [3.05, 3.63) is 59.5 Å². The van der Waals surface area contributed by atoms with E-state index in [4.69, 9.17) is 9.52 Å². The predicted octanol–water partition coefficient (Wildman–Crippen LogP) is 2.51. The summed E-state index contributed by atoms with van der Waals surface area (Å²) in [6.45, 7) is 7.78. The van der Waals surface area contributed by atoms with Gasteiger partial charge in [-0.05, 0) is 37.5 Å². The maximum Gasteiger partial charge on any atom is 0.257 e. The molecule has 3 aliphatic rings. The summed E-state index contributed by atoms with van der Waals surface area (Å²) in [6.07, 6.45) is 4.51. The SMILES string of the molecule is Cc1ccc(C2=NN(C(=O)CN3CCN(CC(=O)N4CCCC4)CC3)[C@H](c3ccco3)C2)cc1. The van der Waals surface area contributed by atoms with Gasteiger partial charge in [0.2, 0.25) is 5.91 Å². The van der Waals surface area contributed by atoms with Crippen molar-refractivity contribution in [3.8, 4) is 0 Å². The van der Waals surface area contributed by atoms with Crippen molar-refractivity contribution in [2.24, 2.45) is 5.10 Å². The molecular formula is C26H33N5O3. The average molecular weight is 464 g/mol. The largest absolute Gasteiger partial charge is 0.467 e. The topological polar surface area (TPSA) is 72.6 Å². The number of carbonyl (C=O) groups excluding carboxylic acids is 2. The van der Waals surface area contributed by atoms with Crippen molar-refractivity contribution in [2.45, 2.75) is 32.2 Å². The van der Waals surface area contributed by atoms with Crippen LogP contribution in [0.4, 0.5) is 0 Å². The summed E-state index contributed by atoms with van der Waals surface area (Å²) in [5, 5.41) is 6.35. The van der Waals surface area contributed by atoms with Crippen LogP contribution in [0.15, 0.2) is 52.2 Å². The Morgan fingerprint density at radius 2 is 1.56 bits per heavy atom. The summed E-state index contributed by atoms with van der Waals surface area (Å²) in [5.74, 6) is 0.966. The van der Waals surface area contributed by atoms with Gasteiger partial charge in [-0.1, -0.05) is 29.8 Å². The van der Waals surface area contributed by atoms with Gasteiger partial charge in [-0.15, -0.1) is 0 Å².